The van der Waals surface area contributed by atoms with Gasteiger partial charge in [0.2, 0.25) is 0 Å². The summed E-state index contributed by atoms with van der Waals surface area (Å²) in [5.41, 5.74) is 1.36. The van der Waals surface area contributed by atoms with E-state index in [0.717, 1.165) is 0 Å². The smallest absolute Gasteiger partial charge is 0.338 e. The highest BCUT2D eigenvalue weighted by molar-refractivity contribution is 9.10. The molecule has 0 unspecified atom stereocenters. The Hall–Kier alpha value is -2.48. The maximum Gasteiger partial charge on any atom is 0.338 e. The Morgan fingerprint density at radius 1 is 1.32 bits per heavy atom. The molecule has 0 aliphatic carbocycles. The van der Waals surface area contributed by atoms with E-state index in [0.29, 0.717) is 32.8 Å². The van der Waals surface area contributed by atoms with E-state index >= 15 is 0 Å². The number of esters is 1. The lowest BCUT2D eigenvalue weighted by Gasteiger charge is -2.29. The number of halogens is 1. The van der Waals surface area contributed by atoms with Crippen molar-refractivity contribution in [2.24, 2.45) is 0 Å². The van der Waals surface area contributed by atoms with Gasteiger partial charge in [-0.15, -0.1) is 0 Å². The second-order valence-electron chi connectivity index (χ2n) is 5.19. The number of benzene rings is 1. The summed E-state index contributed by atoms with van der Waals surface area (Å²) in [7, 11) is 3.04. The van der Waals surface area contributed by atoms with Gasteiger partial charge in [0.1, 0.15) is 6.61 Å². The van der Waals surface area contributed by atoms with E-state index in [1.807, 2.05) is 0 Å². The summed E-state index contributed by atoms with van der Waals surface area (Å²) in [6, 6.07) is 2.29. The van der Waals surface area contributed by atoms with Crippen LogP contribution in [-0.2, 0) is 9.53 Å². The lowest BCUT2D eigenvalue weighted by molar-refractivity contribution is -0.138. The van der Waals surface area contributed by atoms with Crippen molar-refractivity contribution in [2.75, 3.05) is 20.8 Å². The molecule has 0 radical (unpaired) electrons. The minimum absolute atomic E-state index is 0.0728. The summed E-state index contributed by atoms with van der Waals surface area (Å²) < 4.78 is 16.4. The van der Waals surface area contributed by atoms with Crippen LogP contribution in [0.3, 0.4) is 0 Å². The first-order valence-electron chi connectivity index (χ1n) is 7.40. The molecule has 0 aromatic heterocycles. The van der Waals surface area contributed by atoms with Crippen molar-refractivity contribution in [2.45, 2.75) is 13.0 Å². The molecule has 2 rings (SSSR count). The third-order valence-corrected chi connectivity index (χ3v) is 4.32. The van der Waals surface area contributed by atoms with Crippen molar-refractivity contribution < 1.29 is 23.8 Å². The Kier molecular flexibility index (Phi) is 6.08. The number of urea groups is 1. The average Bonchev–Trinajstić information content (AvgIpc) is 2.58. The number of amides is 2. The molecular formula is C17H19BrN2O5. The van der Waals surface area contributed by atoms with Crippen molar-refractivity contribution in [3.8, 4) is 11.5 Å². The zero-order valence-corrected chi connectivity index (χ0v) is 15.7. The van der Waals surface area contributed by atoms with Gasteiger partial charge in [0.05, 0.1) is 25.8 Å². The Labute approximate surface area is 154 Å². The Morgan fingerprint density at radius 2 is 1.96 bits per heavy atom. The molecule has 0 saturated heterocycles. The topological polar surface area (TPSA) is 85.9 Å². The van der Waals surface area contributed by atoms with Crippen molar-refractivity contribution in [3.05, 3.63) is 46.1 Å². The molecule has 0 saturated carbocycles. The first-order chi connectivity index (χ1) is 11.9. The Balaban J connectivity index is 2.53. The third kappa shape index (κ3) is 3.96. The number of rotatable bonds is 6. The fourth-order valence-corrected chi connectivity index (χ4v) is 3.05. The van der Waals surface area contributed by atoms with Crippen LogP contribution in [0.5, 0.6) is 11.5 Å². The van der Waals surface area contributed by atoms with Gasteiger partial charge in [-0.25, -0.2) is 9.59 Å². The van der Waals surface area contributed by atoms with Gasteiger partial charge < -0.3 is 24.8 Å². The molecule has 2 amide bonds. The summed E-state index contributed by atoms with van der Waals surface area (Å²) in [6.07, 6.45) is 1.48. The van der Waals surface area contributed by atoms with Crippen LogP contribution >= 0.6 is 15.9 Å². The van der Waals surface area contributed by atoms with Gasteiger partial charge in [-0.1, -0.05) is 28.6 Å². The predicted molar refractivity (Wildman–Crippen MR) is 95.5 cm³/mol. The number of carbonyl (C=O) groups excluding carboxylic acids is 2. The number of allylic oxidation sites excluding steroid dienone is 1. The van der Waals surface area contributed by atoms with E-state index in [2.05, 4.69) is 33.1 Å². The standard InChI is InChI=1S/C17H19BrN2O5/c1-5-6-25-16(21)14-9(2)19-17(22)20-15(14)10-7-12(23-3)13(24-4)8-11(10)18/h5,7-8,15H,1,6H2,2-4H3,(H2,19,20,22)/t15-/m0/s1. The molecule has 1 heterocycles. The molecule has 8 heteroatoms. The maximum absolute atomic E-state index is 12.5. The molecule has 0 fully saturated rings. The third-order valence-electron chi connectivity index (χ3n) is 3.64. The van der Waals surface area contributed by atoms with E-state index < -0.39 is 18.0 Å². The number of nitrogens with one attached hydrogen (secondary N) is 2. The van der Waals surface area contributed by atoms with E-state index in [9.17, 15) is 9.59 Å². The van der Waals surface area contributed by atoms with Gasteiger partial charge in [0.25, 0.3) is 0 Å². The maximum atomic E-state index is 12.5. The van der Waals surface area contributed by atoms with Crippen molar-refractivity contribution >= 4 is 27.9 Å². The molecule has 0 bridgehead atoms. The van der Waals surface area contributed by atoms with E-state index in [1.54, 1.807) is 19.1 Å². The normalized spacial score (nSPS) is 16.6. The highest BCUT2D eigenvalue weighted by atomic mass is 79.9. The molecule has 1 aliphatic heterocycles. The number of methoxy groups -OCH3 is 2. The Morgan fingerprint density at radius 3 is 2.56 bits per heavy atom. The van der Waals surface area contributed by atoms with Gasteiger partial charge in [0, 0.05) is 10.2 Å². The second kappa shape index (κ2) is 8.06. The SMILES string of the molecule is C=CCOC(=O)C1=C(C)NC(=O)N[C@H]1c1cc(OC)c(OC)cc1Br. The largest absolute Gasteiger partial charge is 0.493 e. The van der Waals surface area contributed by atoms with Crippen molar-refractivity contribution in [1.29, 1.82) is 0 Å². The van der Waals surface area contributed by atoms with Gasteiger partial charge in [-0.3, -0.25) is 0 Å². The van der Waals surface area contributed by atoms with Crippen LogP contribution in [0.2, 0.25) is 0 Å². The van der Waals surface area contributed by atoms with Crippen LogP contribution in [0.25, 0.3) is 0 Å². The van der Waals surface area contributed by atoms with Gasteiger partial charge in [-0.2, -0.15) is 0 Å². The highest BCUT2D eigenvalue weighted by Gasteiger charge is 2.34. The molecule has 1 atom stereocenters. The van der Waals surface area contributed by atoms with E-state index in [-0.39, 0.29) is 6.61 Å². The molecule has 7 nitrogen and oxygen atoms in total. The lowest BCUT2D eigenvalue weighted by Crippen LogP contribution is -2.45. The number of carbonyl (C=O) groups is 2. The zero-order chi connectivity index (χ0) is 18.6. The minimum Gasteiger partial charge on any atom is -0.493 e. The zero-order valence-electron chi connectivity index (χ0n) is 14.1. The quantitative estimate of drug-likeness (QED) is 0.556. The number of hydrogen-bond donors (Lipinski definition) is 2. The van der Waals surface area contributed by atoms with Gasteiger partial charge >= 0.3 is 12.0 Å². The van der Waals surface area contributed by atoms with Crippen LogP contribution in [0.15, 0.2) is 40.5 Å². The van der Waals surface area contributed by atoms with Crippen molar-refractivity contribution in [1.82, 2.24) is 10.6 Å². The van der Waals surface area contributed by atoms with Crippen LogP contribution in [0.1, 0.15) is 18.5 Å². The Bertz CT molecular complexity index is 745. The van der Waals surface area contributed by atoms with Crippen molar-refractivity contribution in [3.63, 3.8) is 0 Å². The van der Waals surface area contributed by atoms with Crippen LogP contribution in [-0.4, -0.2) is 32.8 Å². The summed E-state index contributed by atoms with van der Waals surface area (Å²) in [6.45, 7) is 5.24. The van der Waals surface area contributed by atoms with Crippen LogP contribution in [0, 0.1) is 0 Å². The number of ether oxygens (including phenoxy) is 3. The summed E-state index contributed by atoms with van der Waals surface area (Å²) in [4.78, 5) is 24.4. The molecule has 134 valence electrons. The van der Waals surface area contributed by atoms with Crippen LogP contribution in [0.4, 0.5) is 4.79 Å². The van der Waals surface area contributed by atoms with Crippen LogP contribution < -0.4 is 20.1 Å². The number of hydrogen-bond acceptors (Lipinski definition) is 5. The second-order valence-corrected chi connectivity index (χ2v) is 6.04. The molecule has 1 aromatic carbocycles. The average molecular weight is 411 g/mol. The molecule has 1 aliphatic rings. The van der Waals surface area contributed by atoms with Gasteiger partial charge in [-0.05, 0) is 24.6 Å². The van der Waals surface area contributed by atoms with E-state index in [4.69, 9.17) is 14.2 Å². The first-order valence-corrected chi connectivity index (χ1v) is 8.19. The van der Waals surface area contributed by atoms with E-state index in [1.165, 1.54) is 20.3 Å². The van der Waals surface area contributed by atoms with Gasteiger partial charge in [0.15, 0.2) is 11.5 Å². The fraction of sp³-hybridized carbons (Fsp3) is 0.294. The monoisotopic (exact) mass is 410 g/mol. The fourth-order valence-electron chi connectivity index (χ4n) is 2.50. The molecule has 25 heavy (non-hydrogen) atoms. The summed E-state index contributed by atoms with van der Waals surface area (Å²) in [5, 5.41) is 5.33. The summed E-state index contributed by atoms with van der Waals surface area (Å²) in [5.74, 6) is 0.455. The highest BCUT2D eigenvalue weighted by Crippen LogP contribution is 2.39. The predicted octanol–water partition coefficient (Wildman–Crippen LogP) is 2.82. The molecule has 2 N–H and O–H groups in total. The molecular weight excluding hydrogens is 392 g/mol. The molecule has 0 spiro atoms. The lowest BCUT2D eigenvalue weighted by atomic mass is 9.95. The molecule has 1 aromatic rings. The summed E-state index contributed by atoms with van der Waals surface area (Å²) >= 11 is 3.46. The minimum atomic E-state index is -0.708. The first kappa shape index (κ1) is 18.9.